The minimum atomic E-state index is 0.348. The second kappa shape index (κ2) is 7.93. The van der Waals surface area contributed by atoms with Crippen molar-refractivity contribution in [2.24, 2.45) is 10.8 Å². The third-order valence-corrected chi connectivity index (χ3v) is 10.4. The lowest BCUT2D eigenvalue weighted by molar-refractivity contribution is 0.488. The van der Waals surface area contributed by atoms with Crippen LogP contribution >= 0.6 is 0 Å². The molecule has 2 aliphatic carbocycles. The predicted molar refractivity (Wildman–Crippen MR) is 159 cm³/mol. The van der Waals surface area contributed by atoms with Crippen molar-refractivity contribution >= 4 is 10.8 Å². The zero-order valence-electron chi connectivity index (χ0n) is 23.0. The molecule has 200 valence electrons. The molecular formula is C34H34N6. The van der Waals surface area contributed by atoms with Crippen molar-refractivity contribution in [3.05, 3.63) is 84.7 Å². The Morgan fingerprint density at radius 1 is 0.575 bits per heavy atom. The molecule has 6 heteroatoms. The van der Waals surface area contributed by atoms with Crippen LogP contribution in [0.3, 0.4) is 0 Å². The fourth-order valence-electron chi connectivity index (χ4n) is 7.42. The van der Waals surface area contributed by atoms with E-state index in [-0.39, 0.29) is 0 Å². The van der Waals surface area contributed by atoms with Crippen LogP contribution in [0, 0.1) is 10.8 Å². The standard InChI is InChI=1S/C34H34N6/c1-33-13-25(37-29(33)15-33)31-35-17-27(39-31)20-5-3-19(4-6-20)21-7-8-23-12-24(10-9-22(23)11-21)28-18-36-32(40-28)26-14-34(2)16-30(34)38-26/h3-12,17-18,25-26,29-30,37-38H,13-16H2,1-2H3,(H,35,39)(H,36,40)/t25?,26-,29?,30-,33?,34+/m0/s1. The molecule has 5 aromatic rings. The van der Waals surface area contributed by atoms with Gasteiger partial charge < -0.3 is 20.6 Å². The van der Waals surface area contributed by atoms with Gasteiger partial charge in [0.2, 0.25) is 0 Å². The van der Waals surface area contributed by atoms with Gasteiger partial charge in [-0.1, -0.05) is 62.4 Å². The number of hydrogen-bond donors (Lipinski definition) is 4. The van der Waals surface area contributed by atoms with Crippen molar-refractivity contribution in [2.45, 2.75) is 63.7 Å². The molecule has 2 saturated carbocycles. The van der Waals surface area contributed by atoms with E-state index in [0.29, 0.717) is 35.0 Å². The number of nitrogens with zero attached hydrogens (tertiary/aromatic N) is 2. The summed E-state index contributed by atoms with van der Waals surface area (Å²) in [5.74, 6) is 2.13. The van der Waals surface area contributed by atoms with Crippen molar-refractivity contribution in [1.82, 2.24) is 30.6 Å². The maximum Gasteiger partial charge on any atom is 0.124 e. The van der Waals surface area contributed by atoms with E-state index >= 15 is 0 Å². The molecular weight excluding hydrogens is 492 g/mol. The molecule has 4 aliphatic rings. The zero-order valence-corrected chi connectivity index (χ0v) is 23.0. The highest BCUT2D eigenvalue weighted by Crippen LogP contribution is 2.58. The lowest BCUT2D eigenvalue weighted by Gasteiger charge is -2.11. The predicted octanol–water partition coefficient (Wildman–Crippen LogP) is 6.91. The van der Waals surface area contributed by atoms with E-state index in [1.54, 1.807) is 0 Å². The number of benzene rings is 3. The van der Waals surface area contributed by atoms with Crippen LogP contribution in [-0.4, -0.2) is 32.0 Å². The molecule has 2 aromatic heterocycles. The Hall–Kier alpha value is -3.74. The highest BCUT2D eigenvalue weighted by molar-refractivity contribution is 5.90. The molecule has 0 radical (unpaired) electrons. The molecule has 3 aromatic carbocycles. The van der Waals surface area contributed by atoms with Crippen molar-refractivity contribution in [3.63, 3.8) is 0 Å². The first-order valence-corrected chi connectivity index (χ1v) is 14.7. The molecule has 6 nitrogen and oxygen atoms in total. The van der Waals surface area contributed by atoms with E-state index in [1.165, 1.54) is 47.6 Å². The quantitative estimate of drug-likeness (QED) is 0.201. The van der Waals surface area contributed by atoms with E-state index in [9.17, 15) is 0 Å². The topological polar surface area (TPSA) is 81.4 Å². The van der Waals surface area contributed by atoms with Gasteiger partial charge in [0.25, 0.3) is 0 Å². The monoisotopic (exact) mass is 526 g/mol. The average molecular weight is 527 g/mol. The normalized spacial score (nSPS) is 31.9. The van der Waals surface area contributed by atoms with Crippen molar-refractivity contribution in [1.29, 1.82) is 0 Å². The number of rotatable bonds is 5. The van der Waals surface area contributed by atoms with Crippen LogP contribution in [0.15, 0.2) is 73.1 Å². The molecule has 2 aliphatic heterocycles. The third kappa shape index (κ3) is 3.62. The van der Waals surface area contributed by atoms with Gasteiger partial charge in [-0.15, -0.1) is 0 Å². The molecule has 4 fully saturated rings. The summed E-state index contributed by atoms with van der Waals surface area (Å²) in [4.78, 5) is 16.7. The number of imidazole rings is 2. The van der Waals surface area contributed by atoms with Gasteiger partial charge in [-0.3, -0.25) is 0 Å². The van der Waals surface area contributed by atoms with Crippen molar-refractivity contribution < 1.29 is 0 Å². The van der Waals surface area contributed by atoms with Crippen LogP contribution in [-0.2, 0) is 0 Å². The molecule has 2 saturated heterocycles. The van der Waals surface area contributed by atoms with Crippen LogP contribution < -0.4 is 10.6 Å². The number of nitrogens with one attached hydrogen (secondary N) is 4. The number of H-pyrrole nitrogens is 2. The summed E-state index contributed by atoms with van der Waals surface area (Å²) >= 11 is 0. The lowest BCUT2D eigenvalue weighted by Crippen LogP contribution is -2.18. The summed E-state index contributed by atoms with van der Waals surface area (Å²) in [6.45, 7) is 4.76. The first-order valence-electron chi connectivity index (χ1n) is 14.7. The average Bonchev–Trinajstić information content (AvgIpc) is 3.46. The Kier molecular flexibility index (Phi) is 4.56. The van der Waals surface area contributed by atoms with Gasteiger partial charge in [0.05, 0.1) is 23.5 Å². The number of hydrogen-bond acceptors (Lipinski definition) is 4. The molecule has 6 atom stereocenters. The maximum atomic E-state index is 4.96. The molecule has 0 bridgehead atoms. The van der Waals surface area contributed by atoms with Gasteiger partial charge in [-0.2, -0.15) is 0 Å². The minimum Gasteiger partial charge on any atom is -0.347 e. The molecule has 3 unspecified atom stereocenters. The van der Waals surface area contributed by atoms with E-state index in [0.717, 1.165) is 34.2 Å². The highest BCUT2D eigenvalue weighted by Gasteiger charge is 2.58. The zero-order chi connectivity index (χ0) is 26.6. The summed E-state index contributed by atoms with van der Waals surface area (Å²) in [7, 11) is 0. The highest BCUT2D eigenvalue weighted by atomic mass is 15.1. The van der Waals surface area contributed by atoms with E-state index < -0.39 is 0 Å². The van der Waals surface area contributed by atoms with Gasteiger partial charge >= 0.3 is 0 Å². The molecule has 4 N–H and O–H groups in total. The number of piperidine rings is 2. The van der Waals surface area contributed by atoms with Gasteiger partial charge in [0, 0.05) is 35.6 Å². The van der Waals surface area contributed by atoms with Gasteiger partial charge in [0.1, 0.15) is 11.6 Å². The van der Waals surface area contributed by atoms with Crippen LogP contribution in [0.2, 0.25) is 0 Å². The van der Waals surface area contributed by atoms with Gasteiger partial charge in [-0.25, -0.2) is 9.97 Å². The van der Waals surface area contributed by atoms with Gasteiger partial charge in [-0.05, 0) is 70.5 Å². The Balaban J connectivity index is 0.925. The van der Waals surface area contributed by atoms with E-state index in [4.69, 9.17) is 9.97 Å². The van der Waals surface area contributed by atoms with E-state index in [2.05, 4.69) is 101 Å². The summed E-state index contributed by atoms with van der Waals surface area (Å²) in [6.07, 6.45) is 9.05. The van der Waals surface area contributed by atoms with Crippen LogP contribution in [0.25, 0.3) is 44.4 Å². The first kappa shape index (κ1) is 23.0. The number of fused-ring (bicyclic) bond motifs is 3. The minimum absolute atomic E-state index is 0.348. The Morgan fingerprint density at radius 2 is 1.05 bits per heavy atom. The molecule has 4 heterocycles. The Bertz CT molecular complexity index is 1780. The first-order chi connectivity index (χ1) is 19.4. The summed E-state index contributed by atoms with van der Waals surface area (Å²) in [5.41, 5.74) is 7.71. The molecule has 0 spiro atoms. The van der Waals surface area contributed by atoms with Gasteiger partial charge in [0.15, 0.2) is 0 Å². The largest absolute Gasteiger partial charge is 0.347 e. The number of aromatic nitrogens is 4. The van der Waals surface area contributed by atoms with Crippen LogP contribution in [0.5, 0.6) is 0 Å². The smallest absolute Gasteiger partial charge is 0.124 e. The summed E-state index contributed by atoms with van der Waals surface area (Å²) in [6, 6.07) is 24.2. The lowest BCUT2D eigenvalue weighted by atomic mass is 9.98. The maximum absolute atomic E-state index is 4.96. The van der Waals surface area contributed by atoms with Crippen LogP contribution in [0.1, 0.15) is 63.3 Å². The SMILES string of the molecule is CC12CC(c3nc(-c4ccc(-c5ccc6cc(-c7c[nH]c([C@@H]8C[C@]9(C)C[C@@H]9N8)n7)ccc6c5)cc4)c[nH]3)NC1C2. The summed E-state index contributed by atoms with van der Waals surface area (Å²) < 4.78 is 0. The summed E-state index contributed by atoms with van der Waals surface area (Å²) in [5, 5.41) is 9.91. The second-order valence-electron chi connectivity index (χ2n) is 13.4. The van der Waals surface area contributed by atoms with Crippen LogP contribution in [0.4, 0.5) is 0 Å². The second-order valence-corrected chi connectivity index (χ2v) is 13.4. The molecule has 0 amide bonds. The van der Waals surface area contributed by atoms with E-state index in [1.807, 2.05) is 6.20 Å². The fourth-order valence-corrected chi connectivity index (χ4v) is 7.42. The molecule has 9 rings (SSSR count). The molecule has 40 heavy (non-hydrogen) atoms. The Labute approximate surface area is 234 Å². The Morgan fingerprint density at radius 3 is 1.60 bits per heavy atom. The fraction of sp³-hybridized carbons (Fsp3) is 0.353. The third-order valence-electron chi connectivity index (χ3n) is 10.4. The number of aromatic amines is 2. The van der Waals surface area contributed by atoms with Crippen molar-refractivity contribution in [3.8, 4) is 33.6 Å². The van der Waals surface area contributed by atoms with Crippen molar-refractivity contribution in [2.75, 3.05) is 0 Å².